The highest BCUT2D eigenvalue weighted by atomic mass is 16.7. The molecule has 1 aliphatic rings. The predicted molar refractivity (Wildman–Crippen MR) is 87.9 cm³/mol. The van der Waals surface area contributed by atoms with Crippen LogP contribution >= 0.6 is 0 Å². The van der Waals surface area contributed by atoms with Gasteiger partial charge >= 0.3 is 7.12 Å². The number of allylic oxidation sites excluding steroid dienone is 4. The van der Waals surface area contributed by atoms with E-state index >= 15 is 0 Å². The molecule has 1 fully saturated rings. The molecule has 0 aromatic rings. The highest BCUT2D eigenvalue weighted by Gasteiger charge is 2.53. The Morgan fingerprint density at radius 1 is 1.00 bits per heavy atom. The van der Waals surface area contributed by atoms with Crippen molar-refractivity contribution in [1.29, 1.82) is 0 Å². The van der Waals surface area contributed by atoms with Crippen LogP contribution in [0.25, 0.3) is 0 Å². The molecule has 114 valence electrons. The Hall–Kier alpha value is -0.535. The first-order chi connectivity index (χ1) is 9.29. The lowest BCUT2D eigenvalue weighted by Gasteiger charge is -2.32. The first kappa shape index (κ1) is 17.5. The maximum Gasteiger partial charge on any atom is 0.469 e. The number of hydrogen-bond donors (Lipinski definition) is 0. The summed E-state index contributed by atoms with van der Waals surface area (Å²) in [7, 11) is -0.180. The van der Waals surface area contributed by atoms with Gasteiger partial charge in [-0.05, 0) is 47.0 Å². The van der Waals surface area contributed by atoms with Crippen LogP contribution in [0, 0.1) is 0 Å². The van der Waals surface area contributed by atoms with E-state index in [2.05, 4.69) is 66.7 Å². The van der Waals surface area contributed by atoms with E-state index in [1.807, 2.05) is 0 Å². The SMILES string of the molecule is CC/C=C/C(B1OC(C)(C)C(C)(C)O1)/C(=C/CC)CC. The molecule has 1 heterocycles. The molecule has 0 N–H and O–H groups in total. The summed E-state index contributed by atoms with van der Waals surface area (Å²) in [6.07, 6.45) is 9.92. The molecule has 1 saturated heterocycles. The van der Waals surface area contributed by atoms with Gasteiger partial charge in [0.05, 0.1) is 11.2 Å². The van der Waals surface area contributed by atoms with Crippen LogP contribution in [0.5, 0.6) is 0 Å². The van der Waals surface area contributed by atoms with Crippen LogP contribution in [0.3, 0.4) is 0 Å². The molecule has 0 spiro atoms. The van der Waals surface area contributed by atoms with Gasteiger partial charge in [-0.1, -0.05) is 44.6 Å². The van der Waals surface area contributed by atoms with E-state index in [-0.39, 0.29) is 24.1 Å². The van der Waals surface area contributed by atoms with Gasteiger partial charge in [0.15, 0.2) is 0 Å². The van der Waals surface area contributed by atoms with E-state index in [0.717, 1.165) is 19.3 Å². The van der Waals surface area contributed by atoms with Crippen molar-refractivity contribution < 1.29 is 9.31 Å². The summed E-state index contributed by atoms with van der Waals surface area (Å²) in [5, 5.41) is 0. The van der Waals surface area contributed by atoms with Crippen molar-refractivity contribution in [3.63, 3.8) is 0 Å². The summed E-state index contributed by atoms with van der Waals surface area (Å²) < 4.78 is 12.5. The minimum absolute atomic E-state index is 0.180. The summed E-state index contributed by atoms with van der Waals surface area (Å²) in [6, 6.07) is 0. The normalized spacial score (nSPS) is 23.6. The van der Waals surface area contributed by atoms with Crippen molar-refractivity contribution in [1.82, 2.24) is 0 Å². The monoisotopic (exact) mass is 278 g/mol. The van der Waals surface area contributed by atoms with Crippen LogP contribution in [0.1, 0.15) is 67.7 Å². The number of hydrogen-bond acceptors (Lipinski definition) is 2. The third kappa shape index (κ3) is 3.76. The zero-order valence-electron chi connectivity index (χ0n) is 14.3. The van der Waals surface area contributed by atoms with Gasteiger partial charge in [0.25, 0.3) is 0 Å². The maximum atomic E-state index is 6.24. The second-order valence-corrected chi connectivity index (χ2v) is 6.53. The first-order valence-corrected chi connectivity index (χ1v) is 8.00. The Morgan fingerprint density at radius 2 is 1.55 bits per heavy atom. The molecular formula is C17H31BO2. The van der Waals surface area contributed by atoms with Gasteiger partial charge in [0.2, 0.25) is 0 Å². The average Bonchev–Trinajstić information content (AvgIpc) is 2.57. The van der Waals surface area contributed by atoms with Gasteiger partial charge in [0, 0.05) is 5.82 Å². The third-order valence-electron chi connectivity index (χ3n) is 4.45. The second kappa shape index (κ2) is 6.95. The van der Waals surface area contributed by atoms with Crippen molar-refractivity contribution in [2.45, 2.75) is 84.7 Å². The van der Waals surface area contributed by atoms with Crippen molar-refractivity contribution in [2.24, 2.45) is 0 Å². The molecular weight excluding hydrogens is 247 g/mol. The Balaban J connectivity index is 3.02. The van der Waals surface area contributed by atoms with Crippen LogP contribution in [0.2, 0.25) is 5.82 Å². The second-order valence-electron chi connectivity index (χ2n) is 6.53. The smallest absolute Gasteiger partial charge is 0.403 e. The average molecular weight is 278 g/mol. The fourth-order valence-corrected chi connectivity index (χ4v) is 2.49. The molecule has 1 aliphatic heterocycles. The topological polar surface area (TPSA) is 18.5 Å². The first-order valence-electron chi connectivity index (χ1n) is 8.00. The molecule has 0 aromatic heterocycles. The third-order valence-corrected chi connectivity index (χ3v) is 4.45. The summed E-state index contributed by atoms with van der Waals surface area (Å²) in [5.74, 6) is 0.223. The molecule has 0 aliphatic carbocycles. The van der Waals surface area contributed by atoms with Gasteiger partial charge in [-0.15, -0.1) is 0 Å². The zero-order chi connectivity index (χ0) is 15.4. The van der Waals surface area contributed by atoms with E-state index in [0.29, 0.717) is 0 Å². The molecule has 0 bridgehead atoms. The lowest BCUT2D eigenvalue weighted by atomic mass is 9.66. The fourth-order valence-electron chi connectivity index (χ4n) is 2.49. The molecule has 0 amide bonds. The van der Waals surface area contributed by atoms with E-state index in [1.54, 1.807) is 0 Å². The minimum Gasteiger partial charge on any atom is -0.403 e. The van der Waals surface area contributed by atoms with E-state index < -0.39 is 0 Å². The van der Waals surface area contributed by atoms with Gasteiger partial charge in [0.1, 0.15) is 0 Å². The molecule has 0 aromatic carbocycles. The summed E-state index contributed by atoms with van der Waals surface area (Å²) in [4.78, 5) is 0. The highest BCUT2D eigenvalue weighted by Crippen LogP contribution is 2.42. The summed E-state index contributed by atoms with van der Waals surface area (Å²) in [5.41, 5.74) is 0.887. The van der Waals surface area contributed by atoms with E-state index in [4.69, 9.17) is 9.31 Å². The molecule has 3 heteroatoms. The minimum atomic E-state index is -0.263. The van der Waals surface area contributed by atoms with Crippen molar-refractivity contribution in [3.05, 3.63) is 23.8 Å². The van der Waals surface area contributed by atoms with Crippen LogP contribution < -0.4 is 0 Å². The van der Waals surface area contributed by atoms with Crippen molar-refractivity contribution in [2.75, 3.05) is 0 Å². The number of rotatable bonds is 6. The molecule has 0 saturated carbocycles. The Labute approximate surface area is 125 Å². The van der Waals surface area contributed by atoms with Crippen LogP contribution in [0.15, 0.2) is 23.8 Å². The van der Waals surface area contributed by atoms with Gasteiger partial charge < -0.3 is 9.31 Å². The lowest BCUT2D eigenvalue weighted by Crippen LogP contribution is -2.41. The predicted octanol–water partition coefficient (Wildman–Crippen LogP) is 5.16. The van der Waals surface area contributed by atoms with Crippen molar-refractivity contribution in [3.8, 4) is 0 Å². The van der Waals surface area contributed by atoms with Gasteiger partial charge in [-0.2, -0.15) is 0 Å². The zero-order valence-corrected chi connectivity index (χ0v) is 14.3. The summed E-state index contributed by atoms with van der Waals surface area (Å²) in [6.45, 7) is 15.0. The van der Waals surface area contributed by atoms with Crippen LogP contribution in [-0.2, 0) is 9.31 Å². The molecule has 2 nitrogen and oxygen atoms in total. The largest absolute Gasteiger partial charge is 0.469 e. The van der Waals surface area contributed by atoms with Crippen molar-refractivity contribution >= 4 is 7.12 Å². The molecule has 1 atom stereocenters. The standard InChI is InChI=1S/C17H31BO2/c1-8-11-13-15(14(10-3)12-9-2)18-19-16(4,5)17(6,7)20-18/h11-13,15H,8-10H2,1-7H3/b13-11+,14-12+. The molecule has 1 unspecified atom stereocenters. The Kier molecular flexibility index (Phi) is 6.09. The molecule has 0 radical (unpaired) electrons. The Bertz CT molecular complexity index is 353. The fraction of sp³-hybridized carbons (Fsp3) is 0.765. The van der Waals surface area contributed by atoms with E-state index in [1.165, 1.54) is 5.57 Å². The molecule has 1 rings (SSSR count). The Morgan fingerprint density at radius 3 is 1.95 bits per heavy atom. The highest BCUT2D eigenvalue weighted by molar-refractivity contribution is 6.49. The quantitative estimate of drug-likeness (QED) is 0.493. The van der Waals surface area contributed by atoms with Gasteiger partial charge in [-0.25, -0.2) is 0 Å². The lowest BCUT2D eigenvalue weighted by molar-refractivity contribution is 0.00578. The van der Waals surface area contributed by atoms with Crippen LogP contribution in [-0.4, -0.2) is 18.3 Å². The molecule has 20 heavy (non-hydrogen) atoms. The maximum absolute atomic E-state index is 6.24. The van der Waals surface area contributed by atoms with Gasteiger partial charge in [-0.3, -0.25) is 0 Å². The summed E-state index contributed by atoms with van der Waals surface area (Å²) >= 11 is 0. The van der Waals surface area contributed by atoms with Crippen LogP contribution in [0.4, 0.5) is 0 Å². The van der Waals surface area contributed by atoms with E-state index in [9.17, 15) is 0 Å².